The Bertz CT molecular complexity index is 832. The molecule has 0 saturated heterocycles. The summed E-state index contributed by atoms with van der Waals surface area (Å²) in [5.41, 5.74) is 1.61. The largest absolute Gasteiger partial charge is 0.496 e. The molecule has 0 aromatic heterocycles. The fourth-order valence-electron chi connectivity index (χ4n) is 2.10. The van der Waals surface area contributed by atoms with Gasteiger partial charge in [-0.05, 0) is 48.9 Å². The van der Waals surface area contributed by atoms with Gasteiger partial charge in [-0.25, -0.2) is 8.42 Å². The van der Waals surface area contributed by atoms with Crippen LogP contribution in [-0.2, 0) is 14.8 Å². The third-order valence-corrected chi connectivity index (χ3v) is 4.49. The number of hydrogen-bond acceptors (Lipinski definition) is 4. The minimum absolute atomic E-state index is 0.140. The van der Waals surface area contributed by atoms with Crippen LogP contribution in [0.5, 0.6) is 5.75 Å². The van der Waals surface area contributed by atoms with Gasteiger partial charge in [-0.1, -0.05) is 6.07 Å². The molecule has 0 radical (unpaired) electrons. The molecule has 1 amide bonds. The van der Waals surface area contributed by atoms with Crippen molar-refractivity contribution in [2.75, 3.05) is 17.1 Å². The van der Waals surface area contributed by atoms with Crippen molar-refractivity contribution in [2.24, 2.45) is 0 Å². The number of hydrogen-bond donors (Lipinski definition) is 2. The molecule has 2 aromatic rings. The number of ether oxygens (including phenoxy) is 1. The van der Waals surface area contributed by atoms with E-state index in [9.17, 15) is 13.2 Å². The van der Waals surface area contributed by atoms with Crippen molar-refractivity contribution in [1.29, 1.82) is 0 Å². The number of amides is 1. The van der Waals surface area contributed by atoms with Crippen LogP contribution < -0.4 is 14.8 Å². The molecule has 0 atom stereocenters. The van der Waals surface area contributed by atoms with Gasteiger partial charge in [0.25, 0.3) is 10.0 Å². The van der Waals surface area contributed by atoms with Crippen molar-refractivity contribution in [2.45, 2.75) is 18.7 Å². The number of nitrogens with one attached hydrogen (secondary N) is 2. The highest BCUT2D eigenvalue weighted by atomic mass is 32.2. The van der Waals surface area contributed by atoms with E-state index in [0.29, 0.717) is 17.1 Å². The maximum Gasteiger partial charge on any atom is 0.261 e. The van der Waals surface area contributed by atoms with Gasteiger partial charge in [-0.3, -0.25) is 9.52 Å². The van der Waals surface area contributed by atoms with Gasteiger partial charge in [-0.2, -0.15) is 0 Å². The highest BCUT2D eigenvalue weighted by Crippen LogP contribution is 2.24. The van der Waals surface area contributed by atoms with E-state index in [4.69, 9.17) is 4.74 Å². The lowest BCUT2D eigenvalue weighted by molar-refractivity contribution is -0.114. The molecule has 2 aromatic carbocycles. The van der Waals surface area contributed by atoms with Gasteiger partial charge in [0.05, 0.1) is 17.7 Å². The molecule has 0 unspecified atom stereocenters. The normalized spacial score (nSPS) is 10.9. The van der Waals surface area contributed by atoms with Crippen LogP contribution >= 0.6 is 0 Å². The van der Waals surface area contributed by atoms with Gasteiger partial charge in [0.15, 0.2) is 0 Å². The van der Waals surface area contributed by atoms with E-state index >= 15 is 0 Å². The summed E-state index contributed by atoms with van der Waals surface area (Å²) in [5, 5.41) is 2.60. The van der Waals surface area contributed by atoms with Gasteiger partial charge >= 0.3 is 0 Å². The van der Waals surface area contributed by atoms with Crippen LogP contribution in [0.4, 0.5) is 11.4 Å². The van der Waals surface area contributed by atoms with E-state index < -0.39 is 10.0 Å². The molecule has 0 saturated carbocycles. The molecule has 0 aliphatic carbocycles. The van der Waals surface area contributed by atoms with Crippen molar-refractivity contribution in [3.63, 3.8) is 0 Å². The number of carbonyl (C=O) groups is 1. The van der Waals surface area contributed by atoms with Crippen molar-refractivity contribution < 1.29 is 17.9 Å². The molecule has 0 heterocycles. The maximum absolute atomic E-state index is 12.4. The Morgan fingerprint density at radius 2 is 1.78 bits per heavy atom. The maximum atomic E-state index is 12.4. The van der Waals surface area contributed by atoms with Crippen molar-refractivity contribution in [3.8, 4) is 5.75 Å². The molecule has 122 valence electrons. The lowest BCUT2D eigenvalue weighted by Crippen LogP contribution is -2.13. The fourth-order valence-corrected chi connectivity index (χ4v) is 3.23. The summed E-state index contributed by atoms with van der Waals surface area (Å²) >= 11 is 0. The Kier molecular flexibility index (Phi) is 4.90. The van der Waals surface area contributed by atoms with Crippen LogP contribution in [0.25, 0.3) is 0 Å². The number of rotatable bonds is 5. The number of aryl methyl sites for hydroxylation is 1. The molecule has 23 heavy (non-hydrogen) atoms. The second-order valence-electron chi connectivity index (χ2n) is 5.00. The number of benzene rings is 2. The van der Waals surface area contributed by atoms with Crippen LogP contribution in [-0.4, -0.2) is 21.4 Å². The first-order valence-corrected chi connectivity index (χ1v) is 8.35. The van der Waals surface area contributed by atoms with Crippen LogP contribution in [0, 0.1) is 6.92 Å². The highest BCUT2D eigenvalue weighted by Gasteiger charge is 2.16. The summed E-state index contributed by atoms with van der Waals surface area (Å²) < 4.78 is 32.5. The Hall–Kier alpha value is -2.54. The monoisotopic (exact) mass is 334 g/mol. The first-order chi connectivity index (χ1) is 10.8. The summed E-state index contributed by atoms with van der Waals surface area (Å²) in [5.74, 6) is 0.396. The van der Waals surface area contributed by atoms with Gasteiger partial charge in [-0.15, -0.1) is 0 Å². The number of carbonyl (C=O) groups excluding carboxylic acids is 1. The van der Waals surface area contributed by atoms with Gasteiger partial charge in [0.1, 0.15) is 5.75 Å². The number of methoxy groups -OCH3 is 1. The first-order valence-electron chi connectivity index (χ1n) is 6.87. The zero-order chi connectivity index (χ0) is 17.0. The van der Waals surface area contributed by atoms with Crippen molar-refractivity contribution in [3.05, 3.63) is 48.0 Å². The summed E-state index contributed by atoms with van der Waals surface area (Å²) in [7, 11) is -2.19. The van der Waals surface area contributed by atoms with E-state index in [1.165, 1.54) is 20.1 Å². The van der Waals surface area contributed by atoms with E-state index in [0.717, 1.165) is 5.56 Å². The van der Waals surface area contributed by atoms with Gasteiger partial charge in [0, 0.05) is 12.6 Å². The van der Waals surface area contributed by atoms with Crippen LogP contribution in [0.1, 0.15) is 12.5 Å². The summed E-state index contributed by atoms with van der Waals surface area (Å²) in [6, 6.07) is 11.1. The molecule has 2 rings (SSSR count). The fraction of sp³-hybridized carbons (Fsp3) is 0.188. The zero-order valence-corrected chi connectivity index (χ0v) is 13.9. The lowest BCUT2D eigenvalue weighted by Gasteiger charge is -2.11. The number of anilines is 2. The minimum atomic E-state index is -3.72. The Morgan fingerprint density at radius 3 is 2.39 bits per heavy atom. The Labute approximate surface area is 135 Å². The summed E-state index contributed by atoms with van der Waals surface area (Å²) in [4.78, 5) is 11.2. The molecule has 0 aliphatic heterocycles. The second-order valence-corrected chi connectivity index (χ2v) is 6.68. The first kappa shape index (κ1) is 16.8. The smallest absolute Gasteiger partial charge is 0.261 e. The zero-order valence-electron chi connectivity index (χ0n) is 13.1. The predicted molar refractivity (Wildman–Crippen MR) is 89.3 cm³/mol. The third kappa shape index (κ3) is 4.23. The van der Waals surface area contributed by atoms with Crippen molar-refractivity contribution >= 4 is 27.3 Å². The Morgan fingerprint density at radius 1 is 1.09 bits per heavy atom. The SMILES string of the molecule is COc1ccc(S(=O)(=O)Nc2cccc(NC(C)=O)c2)cc1C. The van der Waals surface area contributed by atoms with Crippen LogP contribution in [0.3, 0.4) is 0 Å². The molecule has 0 bridgehead atoms. The topological polar surface area (TPSA) is 84.5 Å². The highest BCUT2D eigenvalue weighted by molar-refractivity contribution is 7.92. The molecule has 0 aliphatic rings. The molecule has 7 heteroatoms. The van der Waals surface area contributed by atoms with Gasteiger partial charge < -0.3 is 10.1 Å². The average molecular weight is 334 g/mol. The molecule has 6 nitrogen and oxygen atoms in total. The van der Waals surface area contributed by atoms with Crippen molar-refractivity contribution in [1.82, 2.24) is 0 Å². The van der Waals surface area contributed by atoms with E-state index in [1.807, 2.05) is 0 Å². The van der Waals surface area contributed by atoms with Gasteiger partial charge in [0.2, 0.25) is 5.91 Å². The van der Waals surface area contributed by atoms with Crippen LogP contribution in [0.15, 0.2) is 47.4 Å². The summed E-state index contributed by atoms with van der Waals surface area (Å²) in [6.07, 6.45) is 0. The summed E-state index contributed by atoms with van der Waals surface area (Å²) in [6.45, 7) is 3.16. The average Bonchev–Trinajstić information content (AvgIpc) is 2.46. The molecule has 0 fully saturated rings. The quantitative estimate of drug-likeness (QED) is 0.880. The molecule has 2 N–H and O–H groups in total. The van der Waals surface area contributed by atoms with E-state index in [2.05, 4.69) is 10.0 Å². The number of sulfonamides is 1. The second kappa shape index (κ2) is 6.70. The Balaban J connectivity index is 2.27. The standard InChI is InChI=1S/C16H18N2O4S/c1-11-9-15(7-8-16(11)22-3)23(20,21)18-14-6-4-5-13(10-14)17-12(2)19/h4-10,18H,1-3H3,(H,17,19). The molecular weight excluding hydrogens is 316 g/mol. The lowest BCUT2D eigenvalue weighted by atomic mass is 10.2. The van der Waals surface area contributed by atoms with Crippen LogP contribution in [0.2, 0.25) is 0 Å². The molecule has 0 spiro atoms. The van der Waals surface area contributed by atoms with E-state index in [-0.39, 0.29) is 10.8 Å². The third-order valence-electron chi connectivity index (χ3n) is 3.11. The van der Waals surface area contributed by atoms with E-state index in [1.54, 1.807) is 43.3 Å². The minimum Gasteiger partial charge on any atom is -0.496 e. The molecular formula is C16H18N2O4S. The predicted octanol–water partition coefficient (Wildman–Crippen LogP) is 2.76.